The smallest absolute Gasteiger partial charge is 0.227 e. The van der Waals surface area contributed by atoms with E-state index in [1.165, 1.54) is 0 Å². The van der Waals surface area contributed by atoms with Crippen molar-refractivity contribution in [3.05, 3.63) is 12.7 Å². The first kappa shape index (κ1) is 40.0. The Kier molecular flexibility index (Phi) is 12.3. The summed E-state index contributed by atoms with van der Waals surface area (Å²) in [6, 6.07) is -0.655. The number of hydrogen-bond donors (Lipinski definition) is 0. The lowest BCUT2D eigenvalue weighted by Crippen LogP contribution is -2.50. The maximum absolute atomic E-state index is 14.8. The second-order valence-corrected chi connectivity index (χ2v) is 21.6. The van der Waals surface area contributed by atoms with Gasteiger partial charge in [-0.05, 0) is 93.8 Å². The number of sulfone groups is 1. The van der Waals surface area contributed by atoms with E-state index in [2.05, 4.69) is 20.4 Å². The van der Waals surface area contributed by atoms with Gasteiger partial charge < -0.3 is 4.90 Å². The van der Waals surface area contributed by atoms with Gasteiger partial charge in [-0.15, -0.1) is 6.58 Å². The Morgan fingerprint density at radius 2 is 1.53 bits per heavy atom. The van der Waals surface area contributed by atoms with Crippen LogP contribution in [0.4, 0.5) is 0 Å². The number of hydrogen-bond acceptors (Lipinski definition) is 7. The van der Waals surface area contributed by atoms with Gasteiger partial charge >= 0.3 is 0 Å². The average molecular weight is 728 g/mol. The van der Waals surface area contributed by atoms with Gasteiger partial charge in [0.25, 0.3) is 0 Å². The van der Waals surface area contributed by atoms with Gasteiger partial charge in [0.05, 0.1) is 16.5 Å². The topological polar surface area (TPSA) is 123 Å². The van der Waals surface area contributed by atoms with Gasteiger partial charge in [-0.3, -0.25) is 24.0 Å². The Morgan fingerprint density at radius 3 is 2.12 bits per heavy atom. The number of carbonyl (C=O) groups is 5. The van der Waals surface area contributed by atoms with Gasteiger partial charge in [0.1, 0.15) is 5.78 Å². The van der Waals surface area contributed by atoms with Crippen molar-refractivity contribution < 1.29 is 32.4 Å². The number of rotatable bonds is 18. The van der Waals surface area contributed by atoms with Crippen molar-refractivity contribution >= 4 is 38.9 Å². The van der Waals surface area contributed by atoms with Crippen LogP contribution in [0.5, 0.6) is 0 Å². The molecule has 0 spiro atoms. The van der Waals surface area contributed by atoms with Crippen molar-refractivity contribution in [2.45, 2.75) is 161 Å². The van der Waals surface area contributed by atoms with Crippen molar-refractivity contribution in [1.29, 1.82) is 0 Å². The number of likely N-dealkylation sites (tertiary alicyclic amines) is 1. The Balaban J connectivity index is 1.37. The van der Waals surface area contributed by atoms with Crippen LogP contribution in [0.3, 0.4) is 0 Å². The molecule has 5 atom stereocenters. The van der Waals surface area contributed by atoms with Gasteiger partial charge in [0, 0.05) is 44.1 Å². The molecule has 4 saturated carbocycles. The summed E-state index contributed by atoms with van der Waals surface area (Å²) in [5.74, 6) is -1.82. The van der Waals surface area contributed by atoms with Gasteiger partial charge in [0.15, 0.2) is 21.4 Å². The van der Waals surface area contributed by atoms with E-state index < -0.39 is 49.4 Å². The molecule has 0 bridgehead atoms. The molecule has 5 aliphatic rings. The highest BCUT2D eigenvalue weighted by atomic mass is 32.2. The second-order valence-electron chi connectivity index (χ2n) is 18.9. The van der Waals surface area contributed by atoms with E-state index in [9.17, 15) is 32.4 Å². The molecule has 9 heteroatoms. The molecule has 0 N–H and O–H groups in total. The lowest BCUT2D eigenvalue weighted by Gasteiger charge is -2.40. The fourth-order valence-electron chi connectivity index (χ4n) is 10.1. The Labute approximate surface area is 307 Å². The predicted molar refractivity (Wildman–Crippen MR) is 200 cm³/mol. The number of ketones is 4. The Morgan fingerprint density at radius 1 is 0.902 bits per heavy atom. The molecule has 0 radical (unpaired) electrons. The molecule has 0 aromatic carbocycles. The molecule has 2 unspecified atom stereocenters. The highest BCUT2D eigenvalue weighted by molar-refractivity contribution is 7.92. The predicted octanol–water partition coefficient (Wildman–Crippen LogP) is 7.66. The number of Topliss-reactive ketones (excluding diaryl/α,β-unsaturated/α-hetero) is 4. The lowest BCUT2D eigenvalue weighted by atomic mass is 9.70. The minimum absolute atomic E-state index is 0.00193. The third-order valence-corrected chi connectivity index (χ3v) is 16.6. The van der Waals surface area contributed by atoms with Crippen molar-refractivity contribution in [2.24, 2.45) is 46.3 Å². The molecule has 1 amide bonds. The Hall–Kier alpha value is -2.16. The van der Waals surface area contributed by atoms with Crippen molar-refractivity contribution in [3.8, 4) is 0 Å². The third-order valence-electron chi connectivity index (χ3n) is 13.7. The van der Waals surface area contributed by atoms with Crippen molar-refractivity contribution in [3.63, 3.8) is 0 Å². The normalized spacial score (nSPS) is 27.2. The molecule has 0 aromatic rings. The standard InChI is InChI=1S/C42H65NO7S/c1-7-8-17-34(45)38(47)30(22-28-18-19-28)23-35(46)37-36-33(41(36,5)6)26-43(37)39(48)32(29-15-11-9-12-16-29)24-31(44)25-42(20-13-10-14-21-42)27-51(49,50)40(2,3)4/h7,28-30,32-33,36-37H,1,8-27H2,2-6H3/t30?,32-,33-,36?,37+/m0/s1. The van der Waals surface area contributed by atoms with Crippen LogP contribution >= 0.6 is 0 Å². The van der Waals surface area contributed by atoms with Crippen LogP contribution in [-0.2, 0) is 33.8 Å². The molecular formula is C42H65NO7S. The molecule has 4 aliphatic carbocycles. The van der Waals surface area contributed by atoms with E-state index in [0.717, 1.165) is 64.2 Å². The first-order valence-electron chi connectivity index (χ1n) is 20.2. The van der Waals surface area contributed by atoms with E-state index in [1.54, 1.807) is 31.7 Å². The van der Waals surface area contributed by atoms with Crippen LogP contribution in [0.25, 0.3) is 0 Å². The zero-order chi connectivity index (χ0) is 37.4. The molecule has 1 heterocycles. The van der Waals surface area contributed by atoms with Gasteiger partial charge in [-0.2, -0.15) is 0 Å². The molecule has 8 nitrogen and oxygen atoms in total. The zero-order valence-corrected chi connectivity index (χ0v) is 33.0. The highest BCUT2D eigenvalue weighted by Gasteiger charge is 2.69. The summed E-state index contributed by atoms with van der Waals surface area (Å²) in [7, 11) is -3.45. The first-order chi connectivity index (χ1) is 23.9. The SMILES string of the molecule is C=CCCC(=O)C(=O)C(CC(=O)[C@@H]1C2[C@H](CN1C(=O)[C@@H](CC(=O)CC1(CS(=O)(=O)C(C)(C)C)CCCCC1)C1CCCCC1)C2(C)C)CC1CC1. The molecule has 286 valence electrons. The van der Waals surface area contributed by atoms with Crippen LogP contribution in [-0.4, -0.2) is 65.4 Å². The van der Waals surface area contributed by atoms with Gasteiger partial charge in [-0.1, -0.05) is 71.3 Å². The molecule has 0 aromatic heterocycles. The lowest BCUT2D eigenvalue weighted by molar-refractivity contribution is -0.147. The molecule has 1 aliphatic heterocycles. The van der Waals surface area contributed by atoms with Crippen LogP contribution < -0.4 is 0 Å². The maximum atomic E-state index is 14.8. The van der Waals surface area contributed by atoms with E-state index in [4.69, 9.17) is 0 Å². The fraction of sp³-hybridized carbons (Fsp3) is 0.833. The first-order valence-corrected chi connectivity index (χ1v) is 21.8. The number of amides is 1. The zero-order valence-electron chi connectivity index (χ0n) is 32.2. The summed E-state index contributed by atoms with van der Waals surface area (Å²) in [5.41, 5.74) is -0.708. The van der Waals surface area contributed by atoms with Crippen molar-refractivity contribution in [2.75, 3.05) is 12.3 Å². The minimum Gasteiger partial charge on any atom is -0.332 e. The fourth-order valence-corrected chi connectivity index (χ4v) is 11.7. The van der Waals surface area contributed by atoms with Crippen LogP contribution in [0, 0.1) is 46.3 Å². The van der Waals surface area contributed by atoms with Crippen molar-refractivity contribution in [1.82, 2.24) is 4.90 Å². The van der Waals surface area contributed by atoms with E-state index in [1.807, 2.05) is 0 Å². The molecule has 1 saturated heterocycles. The summed E-state index contributed by atoms with van der Waals surface area (Å²) in [6.45, 7) is 13.6. The van der Waals surface area contributed by atoms with Crippen LogP contribution in [0.1, 0.15) is 150 Å². The summed E-state index contributed by atoms with van der Waals surface area (Å²) in [6.07, 6.45) is 14.0. The maximum Gasteiger partial charge on any atom is 0.227 e. The Bertz CT molecular complexity index is 1460. The van der Waals surface area contributed by atoms with Gasteiger partial charge in [0.2, 0.25) is 11.7 Å². The quantitative estimate of drug-likeness (QED) is 0.105. The molecule has 51 heavy (non-hydrogen) atoms. The number of nitrogens with zero attached hydrogens (tertiary/aromatic N) is 1. The van der Waals surface area contributed by atoms with E-state index in [0.29, 0.717) is 38.1 Å². The summed E-state index contributed by atoms with van der Waals surface area (Å²) < 4.78 is 26.0. The largest absolute Gasteiger partial charge is 0.332 e. The number of carbonyl (C=O) groups excluding carboxylic acids is 5. The van der Waals surface area contributed by atoms with E-state index >= 15 is 0 Å². The monoisotopic (exact) mass is 727 g/mol. The number of piperidine rings is 1. The molecular weight excluding hydrogens is 663 g/mol. The van der Waals surface area contributed by atoms with Crippen LogP contribution in [0.2, 0.25) is 0 Å². The number of allylic oxidation sites excluding steroid dienone is 1. The third kappa shape index (κ3) is 9.15. The van der Waals surface area contributed by atoms with E-state index in [-0.39, 0.29) is 72.1 Å². The average Bonchev–Trinajstić information content (AvgIpc) is 3.92. The summed E-state index contributed by atoms with van der Waals surface area (Å²) in [4.78, 5) is 71.4. The molecule has 5 fully saturated rings. The summed E-state index contributed by atoms with van der Waals surface area (Å²) in [5, 5.41) is 0. The van der Waals surface area contributed by atoms with Crippen LogP contribution in [0.15, 0.2) is 12.7 Å². The minimum atomic E-state index is -3.45. The summed E-state index contributed by atoms with van der Waals surface area (Å²) >= 11 is 0. The molecule has 5 rings (SSSR count). The highest BCUT2D eigenvalue weighted by Crippen LogP contribution is 2.65. The number of fused-ring (bicyclic) bond motifs is 1. The second kappa shape index (κ2) is 15.7. The van der Waals surface area contributed by atoms with Gasteiger partial charge in [-0.25, -0.2) is 8.42 Å².